The molecule has 0 aromatic heterocycles. The summed E-state index contributed by atoms with van der Waals surface area (Å²) in [5.74, 6) is 1.28. The number of phenols is 1. The van der Waals surface area contributed by atoms with Gasteiger partial charge in [0.25, 0.3) is 0 Å². The van der Waals surface area contributed by atoms with Crippen LogP contribution in [-0.2, 0) is 6.42 Å². The quantitative estimate of drug-likeness (QED) is 0.298. The fourth-order valence-electron chi connectivity index (χ4n) is 5.06. The number of hydrogen-bond donors (Lipinski definition) is 1. The molecule has 1 saturated heterocycles. The zero-order chi connectivity index (χ0) is 23.0. The monoisotopic (exact) mass is 481 g/mol. The van der Waals surface area contributed by atoms with Crippen LogP contribution in [0.15, 0.2) is 48.5 Å². The Morgan fingerprint density at radius 2 is 1.74 bits per heavy atom. The van der Waals surface area contributed by atoms with Gasteiger partial charge in [-0.1, -0.05) is 62.4 Å². The lowest BCUT2D eigenvalue weighted by Gasteiger charge is -2.26. The fourth-order valence-corrected chi connectivity index (χ4v) is 5.06. The molecule has 3 aromatic carbocycles. The van der Waals surface area contributed by atoms with E-state index in [-0.39, 0.29) is 12.4 Å². The highest BCUT2D eigenvalue weighted by Gasteiger charge is 2.16. The number of aromatic hydroxyl groups is 1. The molecular weight excluding hydrogens is 442 g/mol. The number of benzene rings is 3. The van der Waals surface area contributed by atoms with E-state index < -0.39 is 0 Å². The van der Waals surface area contributed by atoms with Crippen LogP contribution < -0.4 is 4.74 Å². The number of aryl methyl sites for hydroxylation is 2. The molecule has 1 fully saturated rings. The number of fused-ring (bicyclic) bond motifs is 1. The van der Waals surface area contributed by atoms with Crippen LogP contribution in [0.5, 0.6) is 11.5 Å². The second kappa shape index (κ2) is 13.0. The van der Waals surface area contributed by atoms with Gasteiger partial charge >= 0.3 is 0 Å². The van der Waals surface area contributed by atoms with Crippen molar-refractivity contribution in [2.45, 2.75) is 65.2 Å². The molecule has 1 heterocycles. The zero-order valence-electron chi connectivity index (χ0n) is 20.8. The van der Waals surface area contributed by atoms with Gasteiger partial charge in [0.15, 0.2) is 0 Å². The second-order valence-corrected chi connectivity index (χ2v) is 9.57. The lowest BCUT2D eigenvalue weighted by atomic mass is 9.89. The molecule has 0 bridgehead atoms. The highest BCUT2D eigenvalue weighted by Crippen LogP contribution is 2.40. The molecule has 1 aliphatic rings. The summed E-state index contributed by atoms with van der Waals surface area (Å²) in [6.45, 7) is 8.50. The van der Waals surface area contributed by atoms with Crippen molar-refractivity contribution in [3.05, 3.63) is 59.7 Å². The summed E-state index contributed by atoms with van der Waals surface area (Å²) in [6, 6.07) is 16.7. The van der Waals surface area contributed by atoms with Crippen LogP contribution in [0.2, 0.25) is 0 Å². The van der Waals surface area contributed by atoms with E-state index in [2.05, 4.69) is 55.1 Å². The topological polar surface area (TPSA) is 32.7 Å². The van der Waals surface area contributed by atoms with Gasteiger partial charge in [-0.25, -0.2) is 0 Å². The van der Waals surface area contributed by atoms with Gasteiger partial charge in [0.2, 0.25) is 0 Å². The van der Waals surface area contributed by atoms with Gasteiger partial charge in [-0.05, 0) is 91.9 Å². The van der Waals surface area contributed by atoms with E-state index in [0.29, 0.717) is 12.4 Å². The highest BCUT2D eigenvalue weighted by atomic mass is 35.5. The molecule has 0 atom stereocenters. The first-order valence-electron chi connectivity index (χ1n) is 12.9. The molecule has 0 radical (unpaired) electrons. The molecule has 3 aromatic rings. The van der Waals surface area contributed by atoms with Gasteiger partial charge in [-0.3, -0.25) is 4.90 Å². The maximum atomic E-state index is 10.1. The Balaban J connectivity index is 0.00000324. The third-order valence-corrected chi connectivity index (χ3v) is 6.91. The van der Waals surface area contributed by atoms with E-state index in [4.69, 9.17) is 4.74 Å². The van der Waals surface area contributed by atoms with Crippen LogP contribution in [-0.4, -0.2) is 36.2 Å². The fraction of sp³-hybridized carbons (Fsp3) is 0.467. The van der Waals surface area contributed by atoms with Crippen LogP contribution >= 0.6 is 12.4 Å². The zero-order valence-corrected chi connectivity index (χ0v) is 21.6. The van der Waals surface area contributed by atoms with Gasteiger partial charge in [-0.15, -0.1) is 12.4 Å². The molecule has 0 amide bonds. The minimum absolute atomic E-state index is 0. The number of phenolic OH excluding ortho intramolecular Hbond substituents is 1. The first kappa shape index (κ1) is 26.4. The normalized spacial score (nSPS) is 14.2. The molecule has 0 spiro atoms. The number of piperidine rings is 1. The third kappa shape index (κ3) is 6.67. The molecule has 1 N–H and O–H groups in total. The summed E-state index contributed by atoms with van der Waals surface area (Å²) < 4.78 is 6.43. The number of rotatable bonds is 10. The maximum Gasteiger partial charge on any atom is 0.127 e. The lowest BCUT2D eigenvalue weighted by molar-refractivity contribution is 0.183. The van der Waals surface area contributed by atoms with Crippen LogP contribution in [0.3, 0.4) is 0 Å². The van der Waals surface area contributed by atoms with Crippen molar-refractivity contribution in [2.75, 3.05) is 26.2 Å². The maximum absolute atomic E-state index is 10.1. The van der Waals surface area contributed by atoms with Crippen LogP contribution in [0.25, 0.3) is 21.9 Å². The van der Waals surface area contributed by atoms with E-state index in [1.54, 1.807) is 6.07 Å². The molecule has 0 aliphatic carbocycles. The molecule has 0 unspecified atom stereocenters. The minimum Gasteiger partial charge on any atom is -0.508 e. The number of unbranched alkanes of at least 4 members (excludes halogenated alkanes) is 3. The van der Waals surface area contributed by atoms with Crippen LogP contribution in [0.4, 0.5) is 0 Å². The van der Waals surface area contributed by atoms with Crippen molar-refractivity contribution in [3.63, 3.8) is 0 Å². The highest BCUT2D eigenvalue weighted by molar-refractivity contribution is 6.00. The Labute approximate surface area is 211 Å². The Morgan fingerprint density at radius 1 is 0.912 bits per heavy atom. The van der Waals surface area contributed by atoms with Crippen LogP contribution in [0, 0.1) is 6.92 Å². The Hall–Kier alpha value is -2.23. The summed E-state index contributed by atoms with van der Waals surface area (Å²) in [5, 5.41) is 12.3. The lowest BCUT2D eigenvalue weighted by Crippen LogP contribution is -2.33. The molecule has 184 valence electrons. The van der Waals surface area contributed by atoms with Crippen molar-refractivity contribution >= 4 is 23.2 Å². The molecule has 4 heteroatoms. The number of likely N-dealkylation sites (tertiary alicyclic amines) is 1. The molecule has 0 saturated carbocycles. The average Bonchev–Trinajstić information content (AvgIpc) is 2.83. The summed E-state index contributed by atoms with van der Waals surface area (Å²) in [7, 11) is 0. The molecule has 4 rings (SSSR count). The first-order chi connectivity index (χ1) is 16.2. The average molecular weight is 482 g/mol. The van der Waals surface area contributed by atoms with Crippen molar-refractivity contribution in [3.8, 4) is 22.6 Å². The number of hydrogen-bond acceptors (Lipinski definition) is 3. The van der Waals surface area contributed by atoms with Gasteiger partial charge in [0, 0.05) is 12.1 Å². The first-order valence-corrected chi connectivity index (χ1v) is 12.9. The molecular formula is C30H40ClNO2. The van der Waals surface area contributed by atoms with Crippen LogP contribution in [0.1, 0.15) is 63.0 Å². The number of nitrogens with zero attached hydrogens (tertiary/aromatic N) is 1. The van der Waals surface area contributed by atoms with E-state index in [0.717, 1.165) is 24.1 Å². The standard InChI is InChI=1S/C30H39NO2.ClH/c1-3-4-5-7-10-24-12-13-25-22-26(32)14-15-27(25)30(24)28-21-23(2)11-16-29(28)33-20-19-31-17-8-6-9-18-31;/h11-16,21-22,32H,3-10,17-20H2,1-2H3;1H. The van der Waals surface area contributed by atoms with Gasteiger partial charge in [0.1, 0.15) is 18.1 Å². The summed E-state index contributed by atoms with van der Waals surface area (Å²) in [5.41, 5.74) is 5.05. The van der Waals surface area contributed by atoms with Gasteiger partial charge < -0.3 is 9.84 Å². The Morgan fingerprint density at radius 3 is 2.53 bits per heavy atom. The van der Waals surface area contributed by atoms with E-state index in [1.165, 1.54) is 85.7 Å². The van der Waals surface area contributed by atoms with Crippen molar-refractivity contribution in [1.29, 1.82) is 0 Å². The van der Waals surface area contributed by atoms with Crippen molar-refractivity contribution in [2.24, 2.45) is 0 Å². The SMILES string of the molecule is CCCCCCc1ccc2cc(O)ccc2c1-c1cc(C)ccc1OCCN1CCCCC1.Cl. The molecule has 3 nitrogen and oxygen atoms in total. The number of ether oxygens (including phenoxy) is 1. The number of halogens is 1. The Kier molecular flexibility index (Phi) is 10.1. The van der Waals surface area contributed by atoms with Crippen molar-refractivity contribution in [1.82, 2.24) is 4.90 Å². The Bertz CT molecular complexity index is 1060. The van der Waals surface area contributed by atoms with Gasteiger partial charge in [0.05, 0.1) is 0 Å². The molecule has 34 heavy (non-hydrogen) atoms. The van der Waals surface area contributed by atoms with E-state index in [1.807, 2.05) is 6.07 Å². The largest absolute Gasteiger partial charge is 0.508 e. The van der Waals surface area contributed by atoms with Crippen molar-refractivity contribution < 1.29 is 9.84 Å². The minimum atomic E-state index is 0. The predicted molar refractivity (Wildman–Crippen MR) is 147 cm³/mol. The molecule has 1 aliphatic heterocycles. The van der Waals surface area contributed by atoms with Gasteiger partial charge in [-0.2, -0.15) is 0 Å². The van der Waals surface area contributed by atoms with E-state index in [9.17, 15) is 5.11 Å². The third-order valence-electron chi connectivity index (χ3n) is 6.91. The smallest absolute Gasteiger partial charge is 0.127 e. The second-order valence-electron chi connectivity index (χ2n) is 9.57. The van der Waals surface area contributed by atoms with E-state index >= 15 is 0 Å². The summed E-state index contributed by atoms with van der Waals surface area (Å²) >= 11 is 0. The predicted octanol–water partition coefficient (Wildman–Crippen LogP) is 7.93. The summed E-state index contributed by atoms with van der Waals surface area (Å²) in [6.07, 6.45) is 10.0. The summed E-state index contributed by atoms with van der Waals surface area (Å²) in [4.78, 5) is 2.53.